The zero-order valence-corrected chi connectivity index (χ0v) is 12.7. The maximum Gasteiger partial charge on any atom is 0.242 e. The normalized spacial score (nSPS) is 30.1. The molecule has 4 nitrogen and oxygen atoms in total. The molecule has 2 saturated heterocycles. The molecule has 2 unspecified atom stereocenters. The van der Waals surface area contributed by atoms with Crippen LogP contribution in [-0.2, 0) is 14.9 Å². The van der Waals surface area contributed by atoms with Gasteiger partial charge in [0.25, 0.3) is 0 Å². The van der Waals surface area contributed by atoms with E-state index in [1.807, 2.05) is 11.0 Å². The average molecular weight is 288 g/mol. The van der Waals surface area contributed by atoms with E-state index < -0.39 is 0 Å². The summed E-state index contributed by atoms with van der Waals surface area (Å²) in [5.41, 5.74) is 1.39. The first-order valence-corrected chi connectivity index (χ1v) is 7.84. The van der Waals surface area contributed by atoms with Crippen LogP contribution in [0.3, 0.4) is 0 Å². The SMILES string of the molecule is CC1(c2ccccc2)CCCN(C(=O)C2COCCN2)C1. The highest BCUT2D eigenvalue weighted by atomic mass is 16.5. The number of amides is 1. The van der Waals surface area contributed by atoms with Crippen LogP contribution in [0, 0.1) is 0 Å². The minimum Gasteiger partial charge on any atom is -0.378 e. The Kier molecular flexibility index (Phi) is 4.27. The van der Waals surface area contributed by atoms with Gasteiger partial charge in [0, 0.05) is 25.0 Å². The predicted molar refractivity (Wildman–Crippen MR) is 82.2 cm³/mol. The molecule has 1 aromatic carbocycles. The van der Waals surface area contributed by atoms with Gasteiger partial charge < -0.3 is 15.0 Å². The van der Waals surface area contributed by atoms with E-state index in [-0.39, 0.29) is 17.4 Å². The second-order valence-corrected chi connectivity index (χ2v) is 6.37. The molecule has 1 aromatic rings. The number of carbonyl (C=O) groups excluding carboxylic acids is 1. The fraction of sp³-hybridized carbons (Fsp3) is 0.588. The van der Waals surface area contributed by atoms with Crippen LogP contribution in [0.15, 0.2) is 30.3 Å². The lowest BCUT2D eigenvalue weighted by Crippen LogP contribution is -2.56. The number of carbonyl (C=O) groups is 1. The Labute approximate surface area is 126 Å². The van der Waals surface area contributed by atoms with Crippen LogP contribution in [-0.4, -0.2) is 49.7 Å². The first-order chi connectivity index (χ1) is 10.2. The quantitative estimate of drug-likeness (QED) is 0.898. The minimum absolute atomic E-state index is 0.0602. The van der Waals surface area contributed by atoms with Crippen LogP contribution >= 0.6 is 0 Å². The Morgan fingerprint density at radius 1 is 1.38 bits per heavy atom. The number of hydrogen-bond acceptors (Lipinski definition) is 3. The van der Waals surface area contributed by atoms with E-state index in [2.05, 4.69) is 36.5 Å². The third-order valence-corrected chi connectivity index (χ3v) is 4.70. The molecule has 2 heterocycles. The molecule has 2 aliphatic heterocycles. The van der Waals surface area contributed by atoms with E-state index in [0.717, 1.165) is 32.5 Å². The number of benzene rings is 1. The van der Waals surface area contributed by atoms with Gasteiger partial charge in [0.15, 0.2) is 0 Å². The Bertz CT molecular complexity index is 485. The third kappa shape index (κ3) is 3.11. The molecular weight excluding hydrogens is 264 g/mol. The maximum atomic E-state index is 12.7. The van der Waals surface area contributed by atoms with Crippen LogP contribution in [0.1, 0.15) is 25.3 Å². The molecule has 4 heteroatoms. The zero-order valence-electron chi connectivity index (χ0n) is 12.7. The summed E-state index contributed by atoms with van der Waals surface area (Å²) in [6.07, 6.45) is 2.19. The standard InChI is InChI=1S/C17H24N2O2/c1-17(14-6-3-2-4-7-14)8-5-10-19(13-17)16(20)15-12-21-11-9-18-15/h2-4,6-7,15,18H,5,8-13H2,1H3. The molecule has 0 aliphatic carbocycles. The molecule has 114 valence electrons. The van der Waals surface area contributed by atoms with Crippen molar-refractivity contribution in [2.45, 2.75) is 31.2 Å². The van der Waals surface area contributed by atoms with E-state index in [1.165, 1.54) is 5.56 Å². The van der Waals surface area contributed by atoms with Gasteiger partial charge in [-0.15, -0.1) is 0 Å². The van der Waals surface area contributed by atoms with Crippen molar-refractivity contribution in [1.82, 2.24) is 10.2 Å². The van der Waals surface area contributed by atoms with Crippen molar-refractivity contribution < 1.29 is 9.53 Å². The number of ether oxygens (including phenoxy) is 1. The van der Waals surface area contributed by atoms with Crippen LogP contribution in [0.4, 0.5) is 0 Å². The van der Waals surface area contributed by atoms with E-state index in [0.29, 0.717) is 13.2 Å². The summed E-state index contributed by atoms with van der Waals surface area (Å²) in [5.74, 6) is 0.191. The second kappa shape index (κ2) is 6.16. The number of nitrogens with zero attached hydrogens (tertiary/aromatic N) is 1. The van der Waals surface area contributed by atoms with E-state index in [1.54, 1.807) is 0 Å². The number of piperidine rings is 1. The molecule has 2 fully saturated rings. The number of likely N-dealkylation sites (tertiary alicyclic amines) is 1. The summed E-state index contributed by atoms with van der Waals surface area (Å²) < 4.78 is 5.42. The highest BCUT2D eigenvalue weighted by Crippen LogP contribution is 2.33. The molecule has 1 N–H and O–H groups in total. The van der Waals surface area contributed by atoms with Gasteiger partial charge in [-0.3, -0.25) is 4.79 Å². The van der Waals surface area contributed by atoms with Crippen molar-refractivity contribution in [3.8, 4) is 0 Å². The number of rotatable bonds is 2. The number of hydrogen-bond donors (Lipinski definition) is 1. The van der Waals surface area contributed by atoms with Gasteiger partial charge in [0.1, 0.15) is 6.04 Å². The lowest BCUT2D eigenvalue weighted by molar-refractivity contribution is -0.138. The Hall–Kier alpha value is -1.39. The monoisotopic (exact) mass is 288 g/mol. The summed E-state index contributed by atoms with van der Waals surface area (Å²) in [6, 6.07) is 10.4. The number of morpholine rings is 1. The highest BCUT2D eigenvalue weighted by molar-refractivity contribution is 5.82. The molecule has 3 rings (SSSR count). The molecule has 0 radical (unpaired) electrons. The highest BCUT2D eigenvalue weighted by Gasteiger charge is 2.36. The average Bonchev–Trinajstić information content (AvgIpc) is 2.56. The first kappa shape index (κ1) is 14.5. The molecule has 2 atom stereocenters. The Morgan fingerprint density at radius 2 is 2.19 bits per heavy atom. The van der Waals surface area contributed by atoms with Gasteiger partial charge in [-0.25, -0.2) is 0 Å². The van der Waals surface area contributed by atoms with Crippen molar-refractivity contribution in [1.29, 1.82) is 0 Å². The van der Waals surface area contributed by atoms with E-state index in [9.17, 15) is 4.79 Å². The predicted octanol–water partition coefficient (Wildman–Crippen LogP) is 1.56. The van der Waals surface area contributed by atoms with Crippen LogP contribution in [0.2, 0.25) is 0 Å². The van der Waals surface area contributed by atoms with Crippen LogP contribution in [0.25, 0.3) is 0 Å². The topological polar surface area (TPSA) is 41.6 Å². The van der Waals surface area contributed by atoms with Gasteiger partial charge in [-0.1, -0.05) is 37.3 Å². The largest absolute Gasteiger partial charge is 0.378 e. The lowest BCUT2D eigenvalue weighted by Gasteiger charge is -2.42. The molecule has 0 aromatic heterocycles. The molecular formula is C17H24N2O2. The second-order valence-electron chi connectivity index (χ2n) is 6.37. The van der Waals surface area contributed by atoms with Crippen molar-refractivity contribution in [3.05, 3.63) is 35.9 Å². The summed E-state index contributed by atoms with van der Waals surface area (Å²) in [4.78, 5) is 14.7. The first-order valence-electron chi connectivity index (χ1n) is 7.84. The molecule has 0 spiro atoms. The Morgan fingerprint density at radius 3 is 2.90 bits per heavy atom. The number of nitrogens with one attached hydrogen (secondary N) is 1. The van der Waals surface area contributed by atoms with Crippen molar-refractivity contribution >= 4 is 5.91 Å². The van der Waals surface area contributed by atoms with Gasteiger partial charge in [-0.05, 0) is 18.4 Å². The van der Waals surface area contributed by atoms with Crippen molar-refractivity contribution in [3.63, 3.8) is 0 Å². The summed E-state index contributed by atoms with van der Waals surface area (Å²) in [5, 5.41) is 3.27. The smallest absolute Gasteiger partial charge is 0.242 e. The van der Waals surface area contributed by atoms with Crippen LogP contribution in [0.5, 0.6) is 0 Å². The maximum absolute atomic E-state index is 12.7. The fourth-order valence-corrected chi connectivity index (χ4v) is 3.45. The van der Waals surface area contributed by atoms with Crippen LogP contribution < -0.4 is 5.32 Å². The van der Waals surface area contributed by atoms with Gasteiger partial charge in [0.2, 0.25) is 5.91 Å². The van der Waals surface area contributed by atoms with Gasteiger partial charge in [-0.2, -0.15) is 0 Å². The minimum atomic E-state index is -0.170. The molecule has 0 bridgehead atoms. The third-order valence-electron chi connectivity index (χ3n) is 4.70. The summed E-state index contributed by atoms with van der Waals surface area (Å²) in [6.45, 7) is 5.89. The van der Waals surface area contributed by atoms with Gasteiger partial charge >= 0.3 is 0 Å². The lowest BCUT2D eigenvalue weighted by atomic mass is 9.76. The summed E-state index contributed by atoms with van der Waals surface area (Å²) in [7, 11) is 0. The molecule has 0 saturated carbocycles. The van der Waals surface area contributed by atoms with E-state index >= 15 is 0 Å². The summed E-state index contributed by atoms with van der Waals surface area (Å²) >= 11 is 0. The molecule has 2 aliphatic rings. The van der Waals surface area contributed by atoms with Crippen molar-refractivity contribution in [2.75, 3.05) is 32.8 Å². The van der Waals surface area contributed by atoms with Gasteiger partial charge in [0.05, 0.1) is 13.2 Å². The van der Waals surface area contributed by atoms with E-state index in [4.69, 9.17) is 4.74 Å². The fourth-order valence-electron chi connectivity index (χ4n) is 3.45. The van der Waals surface area contributed by atoms with Crippen molar-refractivity contribution in [2.24, 2.45) is 0 Å². The Balaban J connectivity index is 1.72. The molecule has 21 heavy (non-hydrogen) atoms. The zero-order chi connectivity index (χ0) is 14.7. The molecule has 1 amide bonds.